The minimum absolute atomic E-state index is 0.100. The third-order valence-corrected chi connectivity index (χ3v) is 4.86. The molecule has 124 valence electrons. The lowest BCUT2D eigenvalue weighted by Gasteiger charge is -2.34. The molecular weight excluding hydrogens is 304 g/mol. The van der Waals surface area contributed by atoms with Crippen LogP contribution in [0.2, 0.25) is 39.3 Å². The molecule has 0 heterocycles. The highest BCUT2D eigenvalue weighted by atomic mass is 28.4. The van der Waals surface area contributed by atoms with Gasteiger partial charge in [-0.15, -0.1) is 0 Å². The summed E-state index contributed by atoms with van der Waals surface area (Å²) >= 11 is 0. The molecule has 22 heavy (non-hydrogen) atoms. The van der Waals surface area contributed by atoms with Crippen LogP contribution in [0.1, 0.15) is 12.8 Å². The van der Waals surface area contributed by atoms with Gasteiger partial charge >= 0.3 is 0 Å². The summed E-state index contributed by atoms with van der Waals surface area (Å²) in [4.78, 5) is 0. The zero-order valence-corrected chi connectivity index (χ0v) is 17.0. The van der Waals surface area contributed by atoms with Crippen LogP contribution < -0.4 is 0 Å². The van der Waals surface area contributed by atoms with Gasteiger partial charge in [-0.1, -0.05) is 48.6 Å². The second kappa shape index (κ2) is 8.82. The van der Waals surface area contributed by atoms with Crippen molar-refractivity contribution >= 4 is 16.6 Å². The molecule has 2 unspecified atom stereocenters. The Labute approximate surface area is 138 Å². The fourth-order valence-corrected chi connectivity index (χ4v) is 4.20. The standard InChI is InChI=1S/C12H24O2Si2.C6H8/c1-15(2,3)13-11-9-7-8-10-12(11)14-16(4,5)6;1-2-4-6-5-3-1/h7-12H,1-6H3;1-4H,5-6H2. The van der Waals surface area contributed by atoms with Gasteiger partial charge in [-0.3, -0.25) is 0 Å². The number of allylic oxidation sites excluding steroid dienone is 6. The minimum atomic E-state index is -1.51. The molecule has 0 saturated carbocycles. The molecule has 0 fully saturated rings. The first-order valence-corrected chi connectivity index (χ1v) is 15.0. The highest BCUT2D eigenvalue weighted by molar-refractivity contribution is 6.70. The number of hydrogen-bond acceptors (Lipinski definition) is 2. The molecule has 0 aromatic carbocycles. The van der Waals surface area contributed by atoms with Gasteiger partial charge in [0.2, 0.25) is 0 Å². The van der Waals surface area contributed by atoms with Crippen LogP contribution in [0.25, 0.3) is 0 Å². The summed E-state index contributed by atoms with van der Waals surface area (Å²) in [7, 11) is -3.02. The molecule has 0 radical (unpaired) electrons. The topological polar surface area (TPSA) is 18.5 Å². The van der Waals surface area contributed by atoms with Crippen molar-refractivity contribution in [2.75, 3.05) is 0 Å². The van der Waals surface area contributed by atoms with Crippen molar-refractivity contribution in [1.29, 1.82) is 0 Å². The van der Waals surface area contributed by atoms with E-state index in [1.54, 1.807) is 0 Å². The van der Waals surface area contributed by atoms with Crippen LogP contribution >= 0.6 is 0 Å². The first-order chi connectivity index (χ1) is 10.2. The average Bonchev–Trinajstić information content (AvgIpc) is 2.41. The maximum Gasteiger partial charge on any atom is 0.184 e. The van der Waals surface area contributed by atoms with Gasteiger partial charge in [-0.25, -0.2) is 0 Å². The lowest BCUT2D eigenvalue weighted by molar-refractivity contribution is 0.103. The summed E-state index contributed by atoms with van der Waals surface area (Å²) in [6.07, 6.45) is 19.5. The first kappa shape index (κ1) is 19.4. The molecule has 0 saturated heterocycles. The van der Waals surface area contributed by atoms with Gasteiger partial charge in [0.1, 0.15) is 0 Å². The zero-order chi connectivity index (χ0) is 16.6. The van der Waals surface area contributed by atoms with Crippen LogP contribution in [0.15, 0.2) is 48.6 Å². The quantitative estimate of drug-likeness (QED) is 0.636. The van der Waals surface area contributed by atoms with Crippen LogP contribution in [0.3, 0.4) is 0 Å². The normalized spacial score (nSPS) is 24.1. The van der Waals surface area contributed by atoms with Crippen molar-refractivity contribution in [3.63, 3.8) is 0 Å². The molecule has 0 N–H and O–H groups in total. The van der Waals surface area contributed by atoms with Crippen molar-refractivity contribution in [2.45, 2.75) is 64.3 Å². The Morgan fingerprint density at radius 1 is 0.636 bits per heavy atom. The second-order valence-electron chi connectivity index (χ2n) is 7.59. The summed E-state index contributed by atoms with van der Waals surface area (Å²) in [5, 5.41) is 0. The summed E-state index contributed by atoms with van der Waals surface area (Å²) < 4.78 is 12.3. The molecule has 2 rings (SSSR count). The Hall–Kier alpha value is -0.686. The van der Waals surface area contributed by atoms with Crippen molar-refractivity contribution < 1.29 is 8.85 Å². The van der Waals surface area contributed by atoms with Crippen LogP contribution in [0.4, 0.5) is 0 Å². The van der Waals surface area contributed by atoms with Crippen molar-refractivity contribution in [2.24, 2.45) is 0 Å². The lowest BCUT2D eigenvalue weighted by Crippen LogP contribution is -2.43. The predicted octanol–water partition coefficient (Wildman–Crippen LogP) is 5.45. The predicted molar refractivity (Wildman–Crippen MR) is 102 cm³/mol. The first-order valence-electron chi connectivity index (χ1n) is 8.20. The summed E-state index contributed by atoms with van der Waals surface area (Å²) in [6.45, 7) is 13.3. The summed E-state index contributed by atoms with van der Waals surface area (Å²) in [6, 6.07) is 0. The Morgan fingerprint density at radius 2 is 1.00 bits per heavy atom. The van der Waals surface area contributed by atoms with E-state index < -0.39 is 16.6 Å². The van der Waals surface area contributed by atoms with Crippen molar-refractivity contribution in [1.82, 2.24) is 0 Å². The maximum atomic E-state index is 6.14. The van der Waals surface area contributed by atoms with E-state index in [0.29, 0.717) is 0 Å². The van der Waals surface area contributed by atoms with Gasteiger partial charge in [0.15, 0.2) is 16.6 Å². The Kier molecular flexibility index (Phi) is 7.76. The van der Waals surface area contributed by atoms with Gasteiger partial charge in [-0.05, 0) is 52.1 Å². The third-order valence-electron chi connectivity index (χ3n) is 2.90. The zero-order valence-electron chi connectivity index (χ0n) is 15.0. The second-order valence-corrected chi connectivity index (χ2v) is 16.5. The largest absolute Gasteiger partial charge is 0.408 e. The van der Waals surface area contributed by atoms with Crippen LogP contribution in [0.5, 0.6) is 0 Å². The van der Waals surface area contributed by atoms with E-state index in [4.69, 9.17) is 8.85 Å². The van der Waals surface area contributed by atoms with Crippen molar-refractivity contribution in [3.05, 3.63) is 48.6 Å². The average molecular weight is 337 g/mol. The van der Waals surface area contributed by atoms with Gasteiger partial charge in [0.25, 0.3) is 0 Å². The molecule has 2 atom stereocenters. The minimum Gasteiger partial charge on any atom is -0.408 e. The van der Waals surface area contributed by atoms with Gasteiger partial charge in [0.05, 0.1) is 12.2 Å². The molecular formula is C18H32O2Si2. The van der Waals surface area contributed by atoms with Gasteiger partial charge in [0, 0.05) is 0 Å². The van der Waals surface area contributed by atoms with Crippen LogP contribution in [-0.2, 0) is 8.85 Å². The summed E-state index contributed by atoms with van der Waals surface area (Å²) in [5.41, 5.74) is 0. The molecule has 4 heteroatoms. The smallest absolute Gasteiger partial charge is 0.184 e. The Balaban J connectivity index is 0.000000335. The molecule has 2 aliphatic rings. The van der Waals surface area contributed by atoms with Crippen molar-refractivity contribution in [3.8, 4) is 0 Å². The van der Waals surface area contributed by atoms with Crippen LogP contribution in [0, 0.1) is 0 Å². The molecule has 0 aromatic rings. The SMILES string of the molecule is C1=CCCC=C1.C[Si](C)(C)OC1C=CC=CC1O[Si](C)(C)C. The van der Waals surface area contributed by atoms with E-state index in [1.807, 2.05) is 0 Å². The number of rotatable bonds is 4. The molecule has 0 aliphatic heterocycles. The Bertz CT molecular complexity index is 395. The fraction of sp³-hybridized carbons (Fsp3) is 0.556. The van der Waals surface area contributed by atoms with E-state index in [2.05, 4.69) is 87.9 Å². The monoisotopic (exact) mass is 336 g/mol. The lowest BCUT2D eigenvalue weighted by atomic mass is 10.1. The maximum absolute atomic E-state index is 6.14. The molecule has 2 nitrogen and oxygen atoms in total. The van der Waals surface area contributed by atoms with Gasteiger partial charge in [-0.2, -0.15) is 0 Å². The molecule has 0 aromatic heterocycles. The van der Waals surface area contributed by atoms with Crippen LogP contribution in [-0.4, -0.2) is 28.8 Å². The van der Waals surface area contributed by atoms with Gasteiger partial charge < -0.3 is 8.85 Å². The molecule has 0 spiro atoms. The van der Waals surface area contributed by atoms with E-state index in [0.717, 1.165) is 0 Å². The third kappa shape index (κ3) is 9.36. The molecule has 0 amide bonds. The Morgan fingerprint density at radius 3 is 1.23 bits per heavy atom. The summed E-state index contributed by atoms with van der Waals surface area (Å²) in [5.74, 6) is 0. The van der Waals surface area contributed by atoms with E-state index in [1.165, 1.54) is 12.8 Å². The van der Waals surface area contributed by atoms with E-state index in [-0.39, 0.29) is 12.2 Å². The highest BCUT2D eigenvalue weighted by Crippen LogP contribution is 2.21. The fourth-order valence-electron chi connectivity index (χ4n) is 2.14. The molecule has 2 aliphatic carbocycles. The van der Waals surface area contributed by atoms with E-state index in [9.17, 15) is 0 Å². The molecule has 0 bridgehead atoms. The highest BCUT2D eigenvalue weighted by Gasteiger charge is 2.29. The van der Waals surface area contributed by atoms with E-state index >= 15 is 0 Å². The number of hydrogen-bond donors (Lipinski definition) is 0.